The Hall–Kier alpha value is -1.45. The van der Waals surface area contributed by atoms with Gasteiger partial charge < -0.3 is 15.4 Å². The van der Waals surface area contributed by atoms with E-state index >= 15 is 0 Å². The molecule has 1 aromatic rings. The summed E-state index contributed by atoms with van der Waals surface area (Å²) < 4.78 is 5.70. The Bertz CT molecular complexity index is 428. The van der Waals surface area contributed by atoms with E-state index in [1.54, 1.807) is 0 Å². The van der Waals surface area contributed by atoms with Gasteiger partial charge in [-0.1, -0.05) is 19.3 Å². The van der Waals surface area contributed by atoms with Crippen LogP contribution in [0.4, 0.5) is 11.5 Å². The van der Waals surface area contributed by atoms with Gasteiger partial charge in [0.1, 0.15) is 5.82 Å². The molecule has 20 heavy (non-hydrogen) atoms. The fourth-order valence-corrected chi connectivity index (χ4v) is 2.92. The molecule has 1 aliphatic rings. The van der Waals surface area contributed by atoms with Crippen LogP contribution < -0.4 is 15.4 Å². The van der Waals surface area contributed by atoms with E-state index in [2.05, 4.69) is 16.8 Å². The molecule has 112 valence electrons. The zero-order valence-electron chi connectivity index (χ0n) is 12.9. The van der Waals surface area contributed by atoms with Crippen molar-refractivity contribution >= 4 is 11.5 Å². The normalized spacial score (nSPS) is 16.4. The highest BCUT2D eigenvalue weighted by atomic mass is 16.5. The molecule has 0 radical (unpaired) electrons. The van der Waals surface area contributed by atoms with Crippen molar-refractivity contribution in [2.24, 2.45) is 0 Å². The number of anilines is 2. The molecule has 1 heterocycles. The maximum Gasteiger partial charge on any atom is 0.239 e. The molecule has 0 spiro atoms. The van der Waals surface area contributed by atoms with Crippen LogP contribution in [0, 0.1) is 0 Å². The Morgan fingerprint density at radius 2 is 2.00 bits per heavy atom. The van der Waals surface area contributed by atoms with E-state index in [1.165, 1.54) is 32.1 Å². The van der Waals surface area contributed by atoms with Crippen molar-refractivity contribution in [3.05, 3.63) is 12.1 Å². The van der Waals surface area contributed by atoms with Crippen LogP contribution in [0.2, 0.25) is 0 Å². The number of hydrogen-bond donors (Lipinski definition) is 1. The van der Waals surface area contributed by atoms with Crippen molar-refractivity contribution in [1.29, 1.82) is 0 Å². The monoisotopic (exact) mass is 277 g/mol. The maximum atomic E-state index is 5.95. The molecule has 0 bridgehead atoms. The number of pyridine rings is 1. The molecule has 1 aromatic heterocycles. The third kappa shape index (κ3) is 3.56. The quantitative estimate of drug-likeness (QED) is 0.893. The molecule has 0 unspecified atom stereocenters. The van der Waals surface area contributed by atoms with Gasteiger partial charge in [0.15, 0.2) is 0 Å². The minimum atomic E-state index is 0.0878. The van der Waals surface area contributed by atoms with Gasteiger partial charge in [0, 0.05) is 12.6 Å². The van der Waals surface area contributed by atoms with Gasteiger partial charge >= 0.3 is 0 Å². The van der Waals surface area contributed by atoms with Gasteiger partial charge in [0.25, 0.3) is 0 Å². The zero-order valence-corrected chi connectivity index (χ0v) is 12.9. The van der Waals surface area contributed by atoms with Crippen LogP contribution in [-0.2, 0) is 0 Å². The Morgan fingerprint density at radius 3 is 2.60 bits per heavy atom. The first-order valence-corrected chi connectivity index (χ1v) is 7.81. The molecule has 2 N–H and O–H groups in total. The number of nitrogens with two attached hydrogens (primary N) is 1. The van der Waals surface area contributed by atoms with Crippen LogP contribution in [0.3, 0.4) is 0 Å². The second kappa shape index (κ2) is 6.82. The average Bonchev–Trinajstić information content (AvgIpc) is 2.44. The summed E-state index contributed by atoms with van der Waals surface area (Å²) in [6.07, 6.45) is 6.63. The second-order valence-electron chi connectivity index (χ2n) is 5.81. The predicted octanol–water partition coefficient (Wildman–Crippen LogP) is 3.61. The topological polar surface area (TPSA) is 51.4 Å². The molecular weight excluding hydrogens is 250 g/mol. The number of ether oxygens (including phenoxy) is 1. The molecule has 0 amide bonds. The molecule has 4 heteroatoms. The fraction of sp³-hybridized carbons (Fsp3) is 0.688. The maximum absolute atomic E-state index is 5.95. The summed E-state index contributed by atoms with van der Waals surface area (Å²) in [5, 5.41) is 0. The van der Waals surface area contributed by atoms with Gasteiger partial charge in [-0.15, -0.1) is 0 Å². The smallest absolute Gasteiger partial charge is 0.239 e. The molecule has 0 atom stereocenters. The molecule has 0 aliphatic heterocycles. The van der Waals surface area contributed by atoms with Crippen molar-refractivity contribution in [2.45, 2.75) is 65.0 Å². The van der Waals surface area contributed by atoms with Crippen molar-refractivity contribution < 1.29 is 4.74 Å². The summed E-state index contributed by atoms with van der Waals surface area (Å²) in [6, 6.07) is 4.53. The molecule has 1 fully saturated rings. The standard InChI is InChI=1S/C16H27N3O/c1-4-19(13-8-6-5-7-9-13)15-11-10-14(17)16(18-15)20-12(2)3/h10-13H,4-9,17H2,1-3H3. The highest BCUT2D eigenvalue weighted by Crippen LogP contribution is 2.29. The summed E-state index contributed by atoms with van der Waals surface area (Å²) in [6.45, 7) is 7.15. The molecule has 1 saturated carbocycles. The molecule has 1 aliphatic carbocycles. The molecule has 0 saturated heterocycles. The minimum Gasteiger partial charge on any atom is -0.473 e. The van der Waals surface area contributed by atoms with E-state index in [0.717, 1.165) is 12.4 Å². The fourth-order valence-electron chi connectivity index (χ4n) is 2.92. The van der Waals surface area contributed by atoms with E-state index in [1.807, 2.05) is 26.0 Å². The zero-order chi connectivity index (χ0) is 14.5. The number of nitrogen functional groups attached to an aromatic ring is 1. The highest BCUT2D eigenvalue weighted by molar-refractivity contribution is 5.55. The number of nitrogens with zero attached hydrogens (tertiary/aromatic N) is 2. The first-order valence-electron chi connectivity index (χ1n) is 7.81. The molecular formula is C16H27N3O. The van der Waals surface area contributed by atoms with Gasteiger partial charge in [-0.05, 0) is 45.7 Å². The summed E-state index contributed by atoms with van der Waals surface area (Å²) >= 11 is 0. The highest BCUT2D eigenvalue weighted by Gasteiger charge is 2.22. The van der Waals surface area contributed by atoms with E-state index in [-0.39, 0.29) is 6.10 Å². The van der Waals surface area contributed by atoms with Crippen LogP contribution in [-0.4, -0.2) is 23.7 Å². The Balaban J connectivity index is 2.20. The number of rotatable bonds is 5. The van der Waals surface area contributed by atoms with Crippen molar-refractivity contribution in [3.8, 4) is 5.88 Å². The first kappa shape index (κ1) is 14.9. The van der Waals surface area contributed by atoms with Gasteiger partial charge in [-0.3, -0.25) is 0 Å². The Labute approximate surface area is 122 Å². The lowest BCUT2D eigenvalue weighted by Gasteiger charge is -2.34. The summed E-state index contributed by atoms with van der Waals surface area (Å²) in [5.41, 5.74) is 6.56. The van der Waals surface area contributed by atoms with Crippen LogP contribution in [0.5, 0.6) is 5.88 Å². The van der Waals surface area contributed by atoms with E-state index in [4.69, 9.17) is 10.5 Å². The summed E-state index contributed by atoms with van der Waals surface area (Å²) in [4.78, 5) is 7.03. The van der Waals surface area contributed by atoms with Gasteiger partial charge in [-0.2, -0.15) is 4.98 Å². The van der Waals surface area contributed by atoms with Crippen LogP contribution >= 0.6 is 0 Å². The Kier molecular flexibility index (Phi) is 5.10. The minimum absolute atomic E-state index is 0.0878. The van der Waals surface area contributed by atoms with Crippen molar-refractivity contribution in [2.75, 3.05) is 17.2 Å². The van der Waals surface area contributed by atoms with E-state index in [9.17, 15) is 0 Å². The van der Waals surface area contributed by atoms with E-state index < -0.39 is 0 Å². The van der Waals surface area contributed by atoms with Crippen molar-refractivity contribution in [3.63, 3.8) is 0 Å². The Morgan fingerprint density at radius 1 is 1.30 bits per heavy atom. The summed E-state index contributed by atoms with van der Waals surface area (Å²) in [7, 11) is 0. The second-order valence-corrected chi connectivity index (χ2v) is 5.81. The first-order chi connectivity index (χ1) is 9.61. The van der Waals surface area contributed by atoms with Crippen molar-refractivity contribution in [1.82, 2.24) is 4.98 Å². The summed E-state index contributed by atoms with van der Waals surface area (Å²) in [5.74, 6) is 1.55. The average molecular weight is 277 g/mol. The molecule has 4 nitrogen and oxygen atoms in total. The number of aromatic nitrogens is 1. The lowest BCUT2D eigenvalue weighted by molar-refractivity contribution is 0.234. The molecule has 2 rings (SSSR count). The van der Waals surface area contributed by atoms with Crippen LogP contribution in [0.15, 0.2) is 12.1 Å². The lowest BCUT2D eigenvalue weighted by atomic mass is 9.94. The third-order valence-electron chi connectivity index (χ3n) is 3.87. The lowest BCUT2D eigenvalue weighted by Crippen LogP contribution is -2.37. The van der Waals surface area contributed by atoms with Crippen LogP contribution in [0.1, 0.15) is 52.9 Å². The van der Waals surface area contributed by atoms with Gasteiger partial charge in [-0.25, -0.2) is 0 Å². The van der Waals surface area contributed by atoms with Crippen LogP contribution in [0.25, 0.3) is 0 Å². The van der Waals surface area contributed by atoms with Gasteiger partial charge in [0.05, 0.1) is 11.8 Å². The third-order valence-corrected chi connectivity index (χ3v) is 3.87. The SMILES string of the molecule is CCN(c1ccc(N)c(OC(C)C)n1)C1CCCCC1. The van der Waals surface area contributed by atoms with Gasteiger partial charge in [0.2, 0.25) is 5.88 Å². The largest absolute Gasteiger partial charge is 0.473 e. The van der Waals surface area contributed by atoms with E-state index in [0.29, 0.717) is 17.6 Å². The predicted molar refractivity (Wildman–Crippen MR) is 84.3 cm³/mol. The number of hydrogen-bond acceptors (Lipinski definition) is 4. The molecule has 0 aromatic carbocycles.